The molecule has 2 heterocycles. The molecule has 4 rings (SSSR count). The van der Waals surface area contributed by atoms with Crippen LogP contribution >= 0.6 is 0 Å². The van der Waals surface area contributed by atoms with Crippen molar-refractivity contribution in [1.29, 1.82) is 5.26 Å². The third-order valence-corrected chi connectivity index (χ3v) is 5.78. The summed E-state index contributed by atoms with van der Waals surface area (Å²) < 4.78 is 15.2. The molecule has 0 spiro atoms. The number of para-hydroxylation sites is 2. The number of allylic oxidation sites excluding steroid dienone is 1. The van der Waals surface area contributed by atoms with Crippen LogP contribution in [0.4, 0.5) is 16.2 Å². The number of rotatable bonds is 5. The van der Waals surface area contributed by atoms with Crippen LogP contribution in [0.5, 0.6) is 0 Å². The third kappa shape index (κ3) is 3.93. The van der Waals surface area contributed by atoms with Gasteiger partial charge in [-0.05, 0) is 17.7 Å². The van der Waals surface area contributed by atoms with E-state index in [-0.39, 0.29) is 41.5 Å². The number of nitrogens with two attached hydrogens (primary N) is 1. The Morgan fingerprint density at radius 3 is 2.23 bits per heavy atom. The van der Waals surface area contributed by atoms with E-state index in [1.165, 1.54) is 24.0 Å². The molecule has 0 radical (unpaired) electrons. The highest BCUT2D eigenvalue weighted by molar-refractivity contribution is 6.07. The van der Waals surface area contributed by atoms with Crippen molar-refractivity contribution in [1.82, 2.24) is 0 Å². The van der Waals surface area contributed by atoms with Crippen molar-refractivity contribution in [2.75, 3.05) is 37.2 Å². The fourth-order valence-electron chi connectivity index (χ4n) is 4.26. The van der Waals surface area contributed by atoms with Crippen LogP contribution in [0, 0.1) is 11.3 Å². The van der Waals surface area contributed by atoms with Crippen LogP contribution in [0.1, 0.15) is 11.5 Å². The Morgan fingerprint density at radius 1 is 1.03 bits per heavy atom. The number of methoxy groups -OCH3 is 2. The predicted octanol–water partition coefficient (Wildman–Crippen LogP) is 2.54. The normalized spacial score (nSPS) is 17.7. The molecule has 2 aromatic carbocycles. The van der Waals surface area contributed by atoms with Gasteiger partial charge >= 0.3 is 18.0 Å². The fraction of sp³-hybridized carbons (Fsp3) is 0.200. The monoisotopic (exact) mass is 474 g/mol. The molecule has 10 nitrogen and oxygen atoms in total. The van der Waals surface area contributed by atoms with Gasteiger partial charge in [0.05, 0.1) is 55.3 Å². The molecule has 0 saturated carbocycles. The maximum atomic E-state index is 13.2. The summed E-state index contributed by atoms with van der Waals surface area (Å²) in [5.74, 6) is -2.77. The molecule has 1 fully saturated rings. The van der Waals surface area contributed by atoms with Crippen molar-refractivity contribution >= 4 is 29.4 Å². The van der Waals surface area contributed by atoms with E-state index in [0.717, 1.165) is 0 Å². The van der Waals surface area contributed by atoms with Crippen molar-refractivity contribution in [3.63, 3.8) is 0 Å². The lowest BCUT2D eigenvalue weighted by atomic mass is 9.81. The summed E-state index contributed by atoms with van der Waals surface area (Å²) >= 11 is 0. The fourth-order valence-corrected chi connectivity index (χ4v) is 4.26. The van der Waals surface area contributed by atoms with Gasteiger partial charge in [0.2, 0.25) is 0 Å². The molecule has 0 aromatic heterocycles. The second-order valence-electron chi connectivity index (χ2n) is 7.59. The van der Waals surface area contributed by atoms with Gasteiger partial charge in [0.25, 0.3) is 0 Å². The maximum absolute atomic E-state index is 13.2. The van der Waals surface area contributed by atoms with Gasteiger partial charge in [-0.2, -0.15) is 5.26 Å². The van der Waals surface area contributed by atoms with E-state index < -0.39 is 23.9 Å². The number of cyclic esters (lactones) is 1. The highest BCUT2D eigenvalue weighted by Gasteiger charge is 2.44. The summed E-state index contributed by atoms with van der Waals surface area (Å²) in [7, 11) is 2.35. The second-order valence-corrected chi connectivity index (χ2v) is 7.59. The summed E-state index contributed by atoms with van der Waals surface area (Å²) in [6.45, 7) is 0.456. The van der Waals surface area contributed by atoms with Gasteiger partial charge in [0, 0.05) is 0 Å². The molecule has 2 N–H and O–H groups in total. The van der Waals surface area contributed by atoms with Gasteiger partial charge in [-0.3, -0.25) is 9.80 Å². The number of ether oxygens (including phenoxy) is 3. The Morgan fingerprint density at radius 2 is 1.66 bits per heavy atom. The van der Waals surface area contributed by atoms with Gasteiger partial charge in [-0.1, -0.05) is 42.5 Å². The predicted molar refractivity (Wildman–Crippen MR) is 125 cm³/mol. The SMILES string of the molecule is COC(=O)C1=C(C(=O)OC)N(c2ccccc2N2CCOC2=O)C(N)=C(C#N)C1c1ccccc1. The number of esters is 2. The van der Waals surface area contributed by atoms with Crippen LogP contribution in [-0.4, -0.2) is 45.4 Å². The summed E-state index contributed by atoms with van der Waals surface area (Å²) in [6.07, 6.45) is -0.573. The van der Waals surface area contributed by atoms with Gasteiger partial charge in [-0.25, -0.2) is 14.4 Å². The van der Waals surface area contributed by atoms with Crippen LogP contribution in [-0.2, 0) is 23.8 Å². The molecule has 1 unspecified atom stereocenters. The Balaban J connectivity index is 2.06. The molecule has 0 bridgehead atoms. The van der Waals surface area contributed by atoms with Crippen LogP contribution in [0.15, 0.2) is 77.3 Å². The first kappa shape index (κ1) is 23.4. The van der Waals surface area contributed by atoms with E-state index >= 15 is 0 Å². The number of nitriles is 1. The van der Waals surface area contributed by atoms with Crippen molar-refractivity contribution in [3.8, 4) is 6.07 Å². The van der Waals surface area contributed by atoms with Gasteiger partial charge in [0.15, 0.2) is 0 Å². The molecular formula is C25H22N4O6. The first-order chi connectivity index (χ1) is 16.9. The summed E-state index contributed by atoms with van der Waals surface area (Å²) in [5.41, 5.74) is 7.45. The highest BCUT2D eigenvalue weighted by atomic mass is 16.6. The number of benzene rings is 2. The Hall–Kier alpha value is -4.78. The van der Waals surface area contributed by atoms with Crippen molar-refractivity contribution < 1.29 is 28.6 Å². The van der Waals surface area contributed by atoms with Crippen LogP contribution in [0.3, 0.4) is 0 Å². The number of amides is 1. The quantitative estimate of drug-likeness (QED) is 0.512. The number of hydrogen-bond acceptors (Lipinski definition) is 9. The van der Waals surface area contributed by atoms with E-state index in [0.29, 0.717) is 11.3 Å². The first-order valence-corrected chi connectivity index (χ1v) is 10.6. The van der Waals surface area contributed by atoms with Crippen molar-refractivity contribution in [2.45, 2.75) is 5.92 Å². The number of nitrogens with zero attached hydrogens (tertiary/aromatic N) is 3. The molecule has 35 heavy (non-hydrogen) atoms. The Bertz CT molecular complexity index is 1290. The number of hydrogen-bond donors (Lipinski definition) is 1. The minimum atomic E-state index is -0.983. The van der Waals surface area contributed by atoms with E-state index in [1.54, 1.807) is 54.6 Å². The Labute approximate surface area is 201 Å². The lowest BCUT2D eigenvalue weighted by Crippen LogP contribution is -2.41. The van der Waals surface area contributed by atoms with Crippen LogP contribution in [0.2, 0.25) is 0 Å². The molecule has 2 aliphatic rings. The number of carbonyl (C=O) groups is 3. The summed E-state index contributed by atoms with van der Waals surface area (Å²) in [4.78, 5) is 41.3. The second kappa shape index (κ2) is 9.61. The molecule has 178 valence electrons. The standard InChI is InChI=1S/C25H22N4O6/c1-33-23(30)20-19(15-8-4-3-5-9-15)16(14-26)22(27)29(21(20)24(31)34-2)18-11-7-6-10-17(18)28-12-13-35-25(28)32/h3-11,19H,12-13,27H2,1-2H3. The highest BCUT2D eigenvalue weighted by Crippen LogP contribution is 2.45. The maximum Gasteiger partial charge on any atom is 0.414 e. The van der Waals surface area contributed by atoms with Gasteiger partial charge in [0.1, 0.15) is 18.1 Å². The molecule has 1 amide bonds. The van der Waals surface area contributed by atoms with E-state index in [9.17, 15) is 19.6 Å². The van der Waals surface area contributed by atoms with Crippen molar-refractivity contribution in [2.24, 2.45) is 5.73 Å². The molecule has 1 saturated heterocycles. The van der Waals surface area contributed by atoms with Crippen LogP contribution < -0.4 is 15.5 Å². The zero-order valence-corrected chi connectivity index (χ0v) is 19.1. The van der Waals surface area contributed by atoms with Crippen molar-refractivity contribution in [3.05, 3.63) is 82.8 Å². The largest absolute Gasteiger partial charge is 0.466 e. The molecule has 10 heteroatoms. The van der Waals surface area contributed by atoms with E-state index in [1.807, 2.05) is 0 Å². The summed E-state index contributed by atoms with van der Waals surface area (Å²) in [5, 5.41) is 10.1. The van der Waals surface area contributed by atoms with Gasteiger partial charge < -0.3 is 19.9 Å². The molecular weight excluding hydrogens is 452 g/mol. The number of carbonyl (C=O) groups excluding carboxylic acids is 3. The zero-order chi connectivity index (χ0) is 25.1. The van der Waals surface area contributed by atoms with Crippen LogP contribution in [0.25, 0.3) is 0 Å². The molecule has 1 atom stereocenters. The lowest BCUT2D eigenvalue weighted by molar-refractivity contribution is -0.139. The van der Waals surface area contributed by atoms with Gasteiger partial charge in [-0.15, -0.1) is 0 Å². The third-order valence-electron chi connectivity index (χ3n) is 5.78. The minimum absolute atomic E-state index is 0.0306. The Kier molecular flexibility index (Phi) is 6.42. The smallest absolute Gasteiger partial charge is 0.414 e. The van der Waals surface area contributed by atoms with E-state index in [2.05, 4.69) is 6.07 Å². The minimum Gasteiger partial charge on any atom is -0.466 e. The first-order valence-electron chi connectivity index (χ1n) is 10.6. The zero-order valence-electron chi connectivity index (χ0n) is 19.1. The average Bonchev–Trinajstić information content (AvgIpc) is 3.33. The number of anilines is 2. The molecule has 0 aliphatic carbocycles. The molecule has 2 aliphatic heterocycles. The molecule has 2 aromatic rings. The lowest BCUT2D eigenvalue weighted by Gasteiger charge is -2.37. The summed E-state index contributed by atoms with van der Waals surface area (Å²) in [6, 6.07) is 17.5. The average molecular weight is 474 g/mol. The van der Waals surface area contributed by atoms with E-state index in [4.69, 9.17) is 19.9 Å². The topological polar surface area (TPSA) is 135 Å².